The van der Waals surface area contributed by atoms with E-state index in [4.69, 9.17) is 5.39 Å². The molecule has 1 unspecified atom stereocenters. The molecule has 2 aromatic carbocycles. The van der Waals surface area contributed by atoms with Gasteiger partial charge in [0.25, 0.3) is 0 Å². The monoisotopic (exact) mass is 365 g/mol. The highest BCUT2D eigenvalue weighted by Crippen LogP contribution is 2.26. The van der Waals surface area contributed by atoms with E-state index in [-0.39, 0.29) is 11.7 Å². The normalized spacial score (nSPS) is 12.6. The number of nitrogens with zero attached hydrogens (tertiary/aromatic N) is 2. The number of ether oxygens (including phenoxy) is 1. The van der Waals surface area contributed by atoms with Gasteiger partial charge in [-0.1, -0.05) is 67.9 Å². The smallest absolute Gasteiger partial charge is 0.505 e. The topological polar surface area (TPSA) is 74.7 Å². The highest BCUT2D eigenvalue weighted by atomic mass is 16.5. The molecule has 27 heavy (non-hydrogen) atoms. The van der Waals surface area contributed by atoms with Crippen LogP contribution < -0.4 is 0 Å². The fraction of sp³-hybridized carbons (Fsp3) is 0.318. The molecule has 0 aliphatic carbocycles. The summed E-state index contributed by atoms with van der Waals surface area (Å²) in [5, 5.41) is 19.4. The van der Waals surface area contributed by atoms with Crippen molar-refractivity contribution in [1.29, 1.82) is 5.39 Å². The predicted molar refractivity (Wildman–Crippen MR) is 105 cm³/mol. The third-order valence-corrected chi connectivity index (χ3v) is 4.59. The molecule has 0 amide bonds. The van der Waals surface area contributed by atoms with E-state index in [1.165, 1.54) is 12.7 Å². The summed E-state index contributed by atoms with van der Waals surface area (Å²) in [5.74, 6) is -1.33. The Morgan fingerprint density at radius 1 is 1.07 bits per heavy atom. The van der Waals surface area contributed by atoms with Gasteiger partial charge in [-0.2, -0.15) is 0 Å². The van der Waals surface area contributed by atoms with Crippen molar-refractivity contribution < 1.29 is 14.6 Å². The number of esters is 1. The number of benzene rings is 2. The highest BCUT2D eigenvalue weighted by molar-refractivity contribution is 5.90. The van der Waals surface area contributed by atoms with Crippen LogP contribution in [0.25, 0.3) is 16.1 Å². The Labute approximate surface area is 159 Å². The van der Waals surface area contributed by atoms with Crippen molar-refractivity contribution in [3.63, 3.8) is 0 Å². The standard InChI is InChI=1S/C22H24N2O3/c1-3-7-19(21(25)20(24-23)22(26)27-2)15-12-16-10-13-18(14-11-16)17-8-5-4-6-9-17/h4-6,8-11,13-14,19H,3,7,12,15H2,1-2H3/p+1. The van der Waals surface area contributed by atoms with E-state index >= 15 is 0 Å². The van der Waals surface area contributed by atoms with Crippen LogP contribution >= 0.6 is 0 Å². The lowest BCUT2D eigenvalue weighted by Gasteiger charge is -2.14. The summed E-state index contributed by atoms with van der Waals surface area (Å²) in [6, 6.07) is 18.5. The number of rotatable bonds is 8. The van der Waals surface area contributed by atoms with Crippen LogP contribution in [0.3, 0.4) is 0 Å². The number of carbonyl (C=O) groups excluding carboxylic acids is 1. The van der Waals surface area contributed by atoms with Gasteiger partial charge in [0.15, 0.2) is 10.7 Å². The second-order valence-electron chi connectivity index (χ2n) is 6.41. The van der Waals surface area contributed by atoms with Gasteiger partial charge >= 0.3 is 11.7 Å². The molecule has 1 N–H and O–H groups in total. The molecule has 0 saturated carbocycles. The van der Waals surface area contributed by atoms with Crippen molar-refractivity contribution in [2.45, 2.75) is 32.6 Å². The van der Waals surface area contributed by atoms with Gasteiger partial charge in [-0.05, 0) is 36.0 Å². The Hall–Kier alpha value is -3.13. The maximum absolute atomic E-state index is 11.6. The van der Waals surface area contributed by atoms with Crippen LogP contribution in [0.5, 0.6) is 0 Å². The number of hydrogen-bond donors (Lipinski definition) is 1. The number of aliphatic hydroxyl groups is 1. The minimum absolute atomic E-state index is 0.216. The summed E-state index contributed by atoms with van der Waals surface area (Å²) in [6.07, 6.45) is 2.90. The van der Waals surface area contributed by atoms with Crippen LogP contribution in [0.2, 0.25) is 0 Å². The molecule has 0 radical (unpaired) electrons. The molecule has 1 atom stereocenters. The van der Waals surface area contributed by atoms with Crippen molar-refractivity contribution in [1.82, 2.24) is 0 Å². The van der Waals surface area contributed by atoms with Gasteiger partial charge < -0.3 is 9.84 Å². The quantitative estimate of drug-likeness (QED) is 0.290. The maximum atomic E-state index is 11.6. The maximum Gasteiger partial charge on any atom is 0.505 e. The molecule has 0 heterocycles. The Kier molecular flexibility index (Phi) is 7.57. The van der Waals surface area contributed by atoms with Gasteiger partial charge in [0, 0.05) is 5.92 Å². The Morgan fingerprint density at radius 2 is 1.70 bits per heavy atom. The summed E-state index contributed by atoms with van der Waals surface area (Å²) in [7, 11) is 1.18. The third kappa shape index (κ3) is 5.42. The average Bonchev–Trinajstić information content (AvgIpc) is 2.72. The zero-order chi connectivity index (χ0) is 19.6. The second-order valence-corrected chi connectivity index (χ2v) is 6.41. The van der Waals surface area contributed by atoms with E-state index in [0.29, 0.717) is 12.8 Å². The lowest BCUT2D eigenvalue weighted by Crippen LogP contribution is -2.13. The van der Waals surface area contributed by atoms with Gasteiger partial charge in [0.2, 0.25) is 5.39 Å². The van der Waals surface area contributed by atoms with Crippen LogP contribution in [-0.2, 0) is 16.0 Å². The van der Waals surface area contributed by atoms with E-state index in [9.17, 15) is 9.90 Å². The van der Waals surface area contributed by atoms with Crippen LogP contribution in [0.4, 0.5) is 0 Å². The molecule has 0 spiro atoms. The molecule has 140 valence electrons. The van der Waals surface area contributed by atoms with E-state index in [1.807, 2.05) is 25.1 Å². The first-order valence-corrected chi connectivity index (χ1v) is 9.11. The van der Waals surface area contributed by atoms with Crippen LogP contribution in [0.1, 0.15) is 31.7 Å². The minimum atomic E-state index is -0.844. The Bertz CT molecular complexity index is 821. The summed E-state index contributed by atoms with van der Waals surface area (Å²) in [6.45, 7) is 2.00. The first-order valence-electron chi connectivity index (χ1n) is 9.11. The number of carbonyl (C=O) groups is 1. The Morgan fingerprint density at radius 3 is 2.26 bits per heavy atom. The molecular formula is C22H25N2O3+. The van der Waals surface area contributed by atoms with Gasteiger partial charge in [0.05, 0.1) is 7.11 Å². The van der Waals surface area contributed by atoms with Crippen molar-refractivity contribution >= 4 is 5.97 Å². The Balaban J connectivity index is 2.11. The first-order chi connectivity index (χ1) is 13.1. The number of diazo groups is 1. The van der Waals surface area contributed by atoms with Crippen LogP contribution in [0.15, 0.2) is 66.1 Å². The third-order valence-electron chi connectivity index (χ3n) is 4.59. The van der Waals surface area contributed by atoms with Gasteiger partial charge in [-0.3, -0.25) is 0 Å². The van der Waals surface area contributed by atoms with E-state index in [0.717, 1.165) is 24.0 Å². The average molecular weight is 365 g/mol. The van der Waals surface area contributed by atoms with Gasteiger partial charge in [-0.15, -0.1) is 0 Å². The molecule has 0 aromatic heterocycles. The molecule has 0 aliphatic rings. The molecule has 0 fully saturated rings. The SMILES string of the molecule is CCCC(CCc1ccc(-c2ccccc2)cc1)/C(O)=C(\[N+]#N)C(=O)OC. The van der Waals surface area contributed by atoms with E-state index in [2.05, 4.69) is 46.1 Å². The van der Waals surface area contributed by atoms with Crippen molar-refractivity contribution in [3.8, 4) is 11.1 Å². The molecule has 5 heteroatoms. The first kappa shape index (κ1) is 20.2. The molecule has 5 nitrogen and oxygen atoms in total. The molecule has 0 aliphatic heterocycles. The lowest BCUT2D eigenvalue weighted by molar-refractivity contribution is -0.136. The fourth-order valence-corrected chi connectivity index (χ4v) is 3.09. The molecular weight excluding hydrogens is 340 g/mol. The van der Waals surface area contributed by atoms with Gasteiger partial charge in [-0.25, -0.2) is 4.79 Å². The van der Waals surface area contributed by atoms with E-state index in [1.54, 1.807) is 0 Å². The molecule has 0 saturated heterocycles. The molecule has 2 aromatic rings. The predicted octanol–water partition coefficient (Wildman–Crippen LogP) is 5.50. The van der Waals surface area contributed by atoms with Crippen LogP contribution in [0, 0.1) is 11.3 Å². The summed E-state index contributed by atoms with van der Waals surface area (Å²) < 4.78 is 4.56. The molecule has 0 bridgehead atoms. The van der Waals surface area contributed by atoms with Crippen LogP contribution in [-0.4, -0.2) is 18.2 Å². The number of hydrogen-bond acceptors (Lipinski definition) is 4. The highest BCUT2D eigenvalue weighted by Gasteiger charge is 2.33. The van der Waals surface area contributed by atoms with E-state index < -0.39 is 11.7 Å². The number of aliphatic hydroxyl groups excluding tert-OH is 1. The number of aryl methyl sites for hydroxylation is 1. The number of methoxy groups -OCH3 is 1. The summed E-state index contributed by atoms with van der Waals surface area (Å²) in [4.78, 5) is 14.6. The largest absolute Gasteiger partial charge is 0.505 e. The van der Waals surface area contributed by atoms with Crippen molar-refractivity contribution in [2.24, 2.45) is 5.92 Å². The van der Waals surface area contributed by atoms with Gasteiger partial charge in [0.1, 0.15) is 0 Å². The van der Waals surface area contributed by atoms with Crippen molar-refractivity contribution in [3.05, 3.63) is 76.6 Å². The fourth-order valence-electron chi connectivity index (χ4n) is 3.09. The zero-order valence-corrected chi connectivity index (χ0v) is 15.8. The number of allylic oxidation sites excluding steroid dienone is 1. The second kappa shape index (κ2) is 10.1. The molecule has 2 rings (SSSR count). The zero-order valence-electron chi connectivity index (χ0n) is 15.8. The minimum Gasteiger partial charge on any atom is -0.505 e. The summed E-state index contributed by atoms with van der Waals surface area (Å²) in [5.41, 5.74) is 3.04. The summed E-state index contributed by atoms with van der Waals surface area (Å²) >= 11 is 0. The van der Waals surface area contributed by atoms with Crippen molar-refractivity contribution in [2.75, 3.05) is 7.11 Å². The lowest BCUT2D eigenvalue weighted by atomic mass is 9.92.